The van der Waals surface area contributed by atoms with Crippen LogP contribution < -0.4 is 10.1 Å². The van der Waals surface area contributed by atoms with Crippen molar-refractivity contribution in [3.05, 3.63) is 45.3 Å². The van der Waals surface area contributed by atoms with Gasteiger partial charge in [0.1, 0.15) is 21.7 Å². The van der Waals surface area contributed by atoms with Gasteiger partial charge in [-0.1, -0.05) is 12.1 Å². The molecular weight excluding hydrogens is 352 g/mol. The largest absolute Gasteiger partial charge is 0.496 e. The van der Waals surface area contributed by atoms with E-state index in [9.17, 15) is 14.9 Å². The Bertz CT molecular complexity index is 880. The van der Waals surface area contributed by atoms with Crippen LogP contribution >= 0.6 is 11.3 Å². The van der Waals surface area contributed by atoms with Gasteiger partial charge in [-0.2, -0.15) is 5.26 Å². The summed E-state index contributed by atoms with van der Waals surface area (Å²) >= 11 is 1.06. The highest BCUT2D eigenvalue weighted by Gasteiger charge is 2.22. The third-order valence-corrected chi connectivity index (χ3v) is 4.98. The summed E-state index contributed by atoms with van der Waals surface area (Å²) in [5.74, 6) is 0.00869. The zero-order valence-electron chi connectivity index (χ0n) is 15.1. The molecule has 26 heavy (non-hydrogen) atoms. The van der Waals surface area contributed by atoms with Crippen LogP contribution in [0.25, 0.3) is 0 Å². The smallest absolute Gasteiger partial charge is 0.348 e. The van der Waals surface area contributed by atoms with Crippen LogP contribution in [0.4, 0.5) is 5.00 Å². The predicted octanol–water partition coefficient (Wildman–Crippen LogP) is 3.60. The van der Waals surface area contributed by atoms with Gasteiger partial charge in [0, 0.05) is 0 Å². The number of carbonyl (C=O) groups is 2. The van der Waals surface area contributed by atoms with Crippen molar-refractivity contribution in [2.45, 2.75) is 27.2 Å². The van der Waals surface area contributed by atoms with Crippen LogP contribution in [0.15, 0.2) is 18.2 Å². The number of rotatable bonds is 6. The van der Waals surface area contributed by atoms with Crippen LogP contribution in [-0.2, 0) is 16.0 Å². The van der Waals surface area contributed by atoms with E-state index in [0.29, 0.717) is 15.4 Å². The first-order chi connectivity index (χ1) is 12.4. The van der Waals surface area contributed by atoms with Crippen LogP contribution in [0.3, 0.4) is 0 Å². The number of nitrogens with zero attached hydrogens (tertiary/aromatic N) is 1. The van der Waals surface area contributed by atoms with Crippen LogP contribution in [-0.4, -0.2) is 25.6 Å². The first kappa shape index (κ1) is 19.5. The summed E-state index contributed by atoms with van der Waals surface area (Å²) in [6.45, 7) is 5.54. The molecule has 1 amide bonds. The number of hydrogen-bond acceptors (Lipinski definition) is 6. The number of nitriles is 1. The zero-order valence-corrected chi connectivity index (χ0v) is 16.0. The Kier molecular flexibility index (Phi) is 6.36. The van der Waals surface area contributed by atoms with Gasteiger partial charge >= 0.3 is 5.97 Å². The number of ether oxygens (including phenoxy) is 2. The molecule has 0 fully saturated rings. The number of amides is 1. The summed E-state index contributed by atoms with van der Waals surface area (Å²) in [5, 5.41) is 12.5. The second-order valence-corrected chi connectivity index (χ2v) is 6.64. The van der Waals surface area contributed by atoms with Gasteiger partial charge < -0.3 is 14.8 Å². The molecule has 1 N–H and O–H groups in total. The minimum absolute atomic E-state index is 0.154. The summed E-state index contributed by atoms with van der Waals surface area (Å²) in [7, 11) is 1.60. The molecule has 2 rings (SSSR count). The topological polar surface area (TPSA) is 88.4 Å². The molecule has 1 heterocycles. The van der Waals surface area contributed by atoms with E-state index in [4.69, 9.17) is 9.47 Å². The monoisotopic (exact) mass is 372 g/mol. The van der Waals surface area contributed by atoms with Crippen LogP contribution in [0.2, 0.25) is 0 Å². The van der Waals surface area contributed by atoms with Gasteiger partial charge in [-0.3, -0.25) is 4.79 Å². The second-order valence-electron chi connectivity index (χ2n) is 5.62. The molecule has 0 unspecified atom stereocenters. The van der Waals surface area contributed by atoms with Crippen molar-refractivity contribution in [1.29, 1.82) is 5.26 Å². The number of benzene rings is 1. The number of nitrogens with one attached hydrogen (secondary N) is 1. The molecule has 1 aromatic carbocycles. The molecule has 0 aliphatic carbocycles. The molecule has 0 aliphatic rings. The molecule has 1 aromatic heterocycles. The molecule has 7 heteroatoms. The molecule has 0 aliphatic heterocycles. The first-order valence-corrected chi connectivity index (χ1v) is 8.86. The minimum atomic E-state index is -0.488. The van der Waals surface area contributed by atoms with Gasteiger partial charge in [0.15, 0.2) is 0 Å². The Morgan fingerprint density at radius 3 is 2.62 bits per heavy atom. The van der Waals surface area contributed by atoms with Crippen molar-refractivity contribution >= 4 is 28.2 Å². The number of carbonyl (C=O) groups excluding carboxylic acids is 2. The van der Waals surface area contributed by atoms with Crippen molar-refractivity contribution in [2.75, 3.05) is 19.0 Å². The number of aryl methyl sites for hydroxylation is 1. The van der Waals surface area contributed by atoms with Crippen LogP contribution in [0.5, 0.6) is 5.75 Å². The van der Waals surface area contributed by atoms with Crippen molar-refractivity contribution in [3.8, 4) is 11.8 Å². The lowest BCUT2D eigenvalue weighted by Gasteiger charge is -2.08. The number of esters is 1. The van der Waals surface area contributed by atoms with E-state index >= 15 is 0 Å². The fourth-order valence-electron chi connectivity index (χ4n) is 2.53. The van der Waals surface area contributed by atoms with Crippen molar-refractivity contribution in [2.24, 2.45) is 0 Å². The first-order valence-electron chi connectivity index (χ1n) is 8.05. The number of anilines is 1. The zero-order chi connectivity index (χ0) is 19.3. The second kappa shape index (κ2) is 8.50. The summed E-state index contributed by atoms with van der Waals surface area (Å²) < 4.78 is 10.2. The Morgan fingerprint density at radius 1 is 1.31 bits per heavy atom. The molecule has 6 nitrogen and oxygen atoms in total. The lowest BCUT2D eigenvalue weighted by molar-refractivity contribution is -0.115. The predicted molar refractivity (Wildman–Crippen MR) is 99.8 cm³/mol. The maximum atomic E-state index is 12.4. The van der Waals surface area contributed by atoms with Gasteiger partial charge in [-0.15, -0.1) is 11.3 Å². The maximum absolute atomic E-state index is 12.4. The quantitative estimate of drug-likeness (QED) is 0.783. The van der Waals surface area contributed by atoms with Gasteiger partial charge in [0.2, 0.25) is 5.91 Å². The summed E-state index contributed by atoms with van der Waals surface area (Å²) in [6.07, 6.45) is 0.154. The maximum Gasteiger partial charge on any atom is 0.348 e. The Hall–Kier alpha value is -2.85. The van der Waals surface area contributed by atoms with Gasteiger partial charge in [-0.25, -0.2) is 4.79 Å². The molecule has 0 saturated carbocycles. The van der Waals surface area contributed by atoms with E-state index in [1.807, 2.05) is 31.2 Å². The van der Waals surface area contributed by atoms with Gasteiger partial charge in [0.05, 0.1) is 25.7 Å². The Morgan fingerprint density at radius 2 is 2.04 bits per heavy atom. The van der Waals surface area contributed by atoms with E-state index in [0.717, 1.165) is 28.2 Å². The highest BCUT2D eigenvalue weighted by molar-refractivity contribution is 7.18. The lowest BCUT2D eigenvalue weighted by Crippen LogP contribution is -2.14. The lowest BCUT2D eigenvalue weighted by atomic mass is 10.1. The SMILES string of the molecule is CCOC(=O)c1sc(NC(=O)Cc2ccc(OC)c(C)c2)c(C#N)c1C. The van der Waals surface area contributed by atoms with E-state index in [-0.39, 0.29) is 24.5 Å². The Labute approximate surface area is 156 Å². The third-order valence-electron chi connectivity index (χ3n) is 3.80. The highest BCUT2D eigenvalue weighted by Crippen LogP contribution is 2.33. The fraction of sp³-hybridized carbons (Fsp3) is 0.316. The number of hydrogen-bond donors (Lipinski definition) is 1. The molecule has 0 spiro atoms. The van der Waals surface area contributed by atoms with Crippen molar-refractivity contribution in [3.63, 3.8) is 0 Å². The van der Waals surface area contributed by atoms with E-state index in [1.54, 1.807) is 21.0 Å². The molecule has 0 bridgehead atoms. The Balaban J connectivity index is 2.18. The average molecular weight is 372 g/mol. The van der Waals surface area contributed by atoms with E-state index < -0.39 is 5.97 Å². The van der Waals surface area contributed by atoms with Crippen molar-refractivity contribution < 1.29 is 19.1 Å². The molecule has 2 aromatic rings. The van der Waals surface area contributed by atoms with Crippen LogP contribution in [0, 0.1) is 25.2 Å². The molecular formula is C19H20N2O4S. The molecule has 136 valence electrons. The summed E-state index contributed by atoms with van der Waals surface area (Å²) in [6, 6.07) is 7.56. The minimum Gasteiger partial charge on any atom is -0.496 e. The highest BCUT2D eigenvalue weighted by atomic mass is 32.1. The molecule has 0 radical (unpaired) electrons. The normalized spacial score (nSPS) is 10.1. The van der Waals surface area contributed by atoms with Gasteiger partial charge in [0.25, 0.3) is 0 Å². The fourth-order valence-corrected chi connectivity index (χ4v) is 3.60. The van der Waals surface area contributed by atoms with Crippen molar-refractivity contribution in [1.82, 2.24) is 0 Å². The summed E-state index contributed by atoms with van der Waals surface area (Å²) in [5.41, 5.74) is 2.58. The number of thiophene rings is 1. The van der Waals surface area contributed by atoms with E-state index in [1.165, 1.54) is 0 Å². The molecule has 0 saturated heterocycles. The molecule has 0 atom stereocenters. The van der Waals surface area contributed by atoms with Gasteiger partial charge in [-0.05, 0) is 43.5 Å². The summed E-state index contributed by atoms with van der Waals surface area (Å²) in [4.78, 5) is 24.7. The number of methoxy groups -OCH3 is 1. The standard InChI is InChI=1S/C19H20N2O4S/c1-5-25-19(23)17-12(3)14(10-20)18(26-17)21-16(22)9-13-6-7-15(24-4)11(2)8-13/h6-8H,5,9H2,1-4H3,(H,21,22). The third kappa shape index (κ3) is 4.21. The van der Waals surface area contributed by atoms with E-state index in [2.05, 4.69) is 5.32 Å². The van der Waals surface area contributed by atoms with Crippen LogP contribution in [0.1, 0.15) is 38.8 Å². The average Bonchev–Trinajstić information content (AvgIpc) is 2.90.